The topological polar surface area (TPSA) is 70.2 Å². The van der Waals surface area contributed by atoms with Gasteiger partial charge in [-0.25, -0.2) is 4.68 Å². The molecule has 0 saturated carbocycles. The molecule has 1 heterocycles. The Balaban J connectivity index is 2.06. The van der Waals surface area contributed by atoms with E-state index in [9.17, 15) is 10.1 Å². The van der Waals surface area contributed by atoms with E-state index in [2.05, 4.69) is 18.1 Å². The zero-order valence-corrected chi connectivity index (χ0v) is 14.2. The fourth-order valence-corrected chi connectivity index (χ4v) is 2.69. The molecule has 0 bridgehead atoms. The number of rotatable bonds is 6. The summed E-state index contributed by atoms with van der Waals surface area (Å²) >= 11 is 0. The molecular weight excluding hydrogens is 318 g/mol. The SMILES string of the molecule is CCCc1cc(-c2ccc(OC)cc2)n(-c2ccc([N+](=O)[O-])cc2)n1. The van der Waals surface area contributed by atoms with E-state index < -0.39 is 4.92 Å². The lowest BCUT2D eigenvalue weighted by molar-refractivity contribution is -0.384. The van der Waals surface area contributed by atoms with Crippen molar-refractivity contribution in [2.24, 2.45) is 0 Å². The number of methoxy groups -OCH3 is 1. The first kappa shape index (κ1) is 16.7. The third kappa shape index (κ3) is 3.52. The maximum atomic E-state index is 10.9. The van der Waals surface area contributed by atoms with Crippen LogP contribution in [0.1, 0.15) is 19.0 Å². The molecule has 0 amide bonds. The van der Waals surface area contributed by atoms with Gasteiger partial charge in [0.2, 0.25) is 0 Å². The van der Waals surface area contributed by atoms with Crippen LogP contribution in [0.15, 0.2) is 54.6 Å². The number of ether oxygens (including phenoxy) is 1. The third-order valence-corrected chi connectivity index (χ3v) is 3.96. The van der Waals surface area contributed by atoms with Gasteiger partial charge in [-0.1, -0.05) is 13.3 Å². The van der Waals surface area contributed by atoms with Crippen molar-refractivity contribution in [2.75, 3.05) is 7.11 Å². The summed E-state index contributed by atoms with van der Waals surface area (Å²) in [4.78, 5) is 10.5. The molecule has 0 spiro atoms. The Kier molecular flexibility index (Phi) is 4.79. The van der Waals surface area contributed by atoms with Crippen molar-refractivity contribution < 1.29 is 9.66 Å². The standard InChI is InChI=1S/C19H19N3O3/c1-3-4-15-13-19(14-5-11-18(25-2)12-6-14)21(20-15)16-7-9-17(10-8-16)22(23)24/h5-13H,3-4H2,1-2H3. The van der Waals surface area contributed by atoms with Gasteiger partial charge in [0.1, 0.15) is 5.75 Å². The molecule has 3 rings (SSSR count). The van der Waals surface area contributed by atoms with Crippen molar-refractivity contribution in [1.82, 2.24) is 9.78 Å². The van der Waals surface area contributed by atoms with E-state index >= 15 is 0 Å². The number of nitrogens with zero attached hydrogens (tertiary/aromatic N) is 3. The minimum atomic E-state index is -0.403. The second kappa shape index (κ2) is 7.17. The summed E-state index contributed by atoms with van der Waals surface area (Å²) in [5.74, 6) is 0.791. The van der Waals surface area contributed by atoms with E-state index in [0.717, 1.165) is 41.2 Å². The van der Waals surface area contributed by atoms with Crippen LogP contribution < -0.4 is 4.74 Å². The fraction of sp³-hybridized carbons (Fsp3) is 0.211. The molecule has 2 aromatic carbocycles. The van der Waals surface area contributed by atoms with Gasteiger partial charge in [-0.15, -0.1) is 0 Å². The van der Waals surface area contributed by atoms with Crippen molar-refractivity contribution >= 4 is 5.69 Å². The Morgan fingerprint density at radius 1 is 1.12 bits per heavy atom. The molecular formula is C19H19N3O3. The number of hydrogen-bond donors (Lipinski definition) is 0. The molecule has 1 aromatic heterocycles. The summed E-state index contributed by atoms with van der Waals surface area (Å²) in [6.45, 7) is 2.11. The zero-order valence-electron chi connectivity index (χ0n) is 14.2. The average molecular weight is 337 g/mol. The van der Waals surface area contributed by atoms with Crippen molar-refractivity contribution in [2.45, 2.75) is 19.8 Å². The second-order valence-corrected chi connectivity index (χ2v) is 5.68. The Labute approximate surface area is 145 Å². The molecule has 3 aromatic rings. The number of nitro groups is 1. The summed E-state index contributed by atoms with van der Waals surface area (Å²) in [6, 6.07) is 16.3. The summed E-state index contributed by atoms with van der Waals surface area (Å²) in [6.07, 6.45) is 1.88. The summed E-state index contributed by atoms with van der Waals surface area (Å²) in [5, 5.41) is 15.5. The van der Waals surface area contributed by atoms with Gasteiger partial charge in [0.25, 0.3) is 5.69 Å². The van der Waals surface area contributed by atoms with Crippen LogP contribution in [0, 0.1) is 10.1 Å². The number of non-ortho nitro benzene ring substituents is 1. The monoisotopic (exact) mass is 337 g/mol. The highest BCUT2D eigenvalue weighted by molar-refractivity contribution is 5.64. The first-order valence-corrected chi connectivity index (χ1v) is 8.10. The highest BCUT2D eigenvalue weighted by atomic mass is 16.6. The van der Waals surface area contributed by atoms with Crippen LogP contribution in [-0.4, -0.2) is 21.8 Å². The van der Waals surface area contributed by atoms with Crippen LogP contribution >= 0.6 is 0 Å². The number of hydrogen-bond acceptors (Lipinski definition) is 4. The number of benzene rings is 2. The Bertz CT molecular complexity index is 868. The van der Waals surface area contributed by atoms with Crippen molar-refractivity contribution in [3.8, 4) is 22.7 Å². The molecule has 0 unspecified atom stereocenters. The molecule has 0 radical (unpaired) electrons. The molecule has 0 N–H and O–H groups in total. The third-order valence-electron chi connectivity index (χ3n) is 3.96. The minimum Gasteiger partial charge on any atom is -0.497 e. The van der Waals surface area contributed by atoms with Crippen molar-refractivity contribution in [1.29, 1.82) is 0 Å². The Morgan fingerprint density at radius 3 is 2.36 bits per heavy atom. The molecule has 6 nitrogen and oxygen atoms in total. The van der Waals surface area contributed by atoms with E-state index in [4.69, 9.17) is 4.74 Å². The molecule has 0 saturated heterocycles. The predicted octanol–water partition coefficient (Wildman–Crippen LogP) is 4.41. The lowest BCUT2D eigenvalue weighted by Gasteiger charge is -2.08. The number of nitro benzene ring substituents is 1. The molecule has 25 heavy (non-hydrogen) atoms. The normalized spacial score (nSPS) is 10.6. The smallest absolute Gasteiger partial charge is 0.269 e. The quantitative estimate of drug-likeness (QED) is 0.493. The molecule has 128 valence electrons. The lowest BCUT2D eigenvalue weighted by Crippen LogP contribution is -2.00. The van der Waals surface area contributed by atoms with Crippen LogP contribution in [0.5, 0.6) is 5.75 Å². The van der Waals surface area contributed by atoms with Crippen LogP contribution in [0.25, 0.3) is 16.9 Å². The average Bonchev–Trinajstić information content (AvgIpc) is 3.06. The van der Waals surface area contributed by atoms with Gasteiger partial charge in [0, 0.05) is 17.7 Å². The Morgan fingerprint density at radius 2 is 1.80 bits per heavy atom. The van der Waals surface area contributed by atoms with E-state index in [1.165, 1.54) is 12.1 Å². The highest BCUT2D eigenvalue weighted by Crippen LogP contribution is 2.27. The van der Waals surface area contributed by atoms with Gasteiger partial charge < -0.3 is 4.74 Å². The van der Waals surface area contributed by atoms with Gasteiger partial charge in [-0.2, -0.15) is 5.10 Å². The van der Waals surface area contributed by atoms with E-state index in [1.807, 2.05) is 28.9 Å². The van der Waals surface area contributed by atoms with Crippen LogP contribution in [0.3, 0.4) is 0 Å². The van der Waals surface area contributed by atoms with Crippen molar-refractivity contribution in [3.63, 3.8) is 0 Å². The second-order valence-electron chi connectivity index (χ2n) is 5.68. The maximum absolute atomic E-state index is 10.9. The first-order valence-electron chi connectivity index (χ1n) is 8.10. The van der Waals surface area contributed by atoms with E-state index in [0.29, 0.717) is 0 Å². The van der Waals surface area contributed by atoms with Crippen LogP contribution in [0.2, 0.25) is 0 Å². The fourth-order valence-electron chi connectivity index (χ4n) is 2.69. The maximum Gasteiger partial charge on any atom is 0.269 e. The first-order chi connectivity index (χ1) is 12.1. The minimum absolute atomic E-state index is 0.0654. The molecule has 0 aliphatic carbocycles. The van der Waals surface area contributed by atoms with Gasteiger partial charge in [-0.3, -0.25) is 10.1 Å². The van der Waals surface area contributed by atoms with Gasteiger partial charge in [0.05, 0.1) is 29.1 Å². The summed E-state index contributed by atoms with van der Waals surface area (Å²) in [7, 11) is 1.63. The number of aryl methyl sites for hydroxylation is 1. The zero-order chi connectivity index (χ0) is 17.8. The highest BCUT2D eigenvalue weighted by Gasteiger charge is 2.13. The largest absolute Gasteiger partial charge is 0.497 e. The van der Waals surface area contributed by atoms with Gasteiger partial charge >= 0.3 is 0 Å². The summed E-state index contributed by atoms with van der Waals surface area (Å²) in [5.41, 5.74) is 3.80. The molecule has 6 heteroatoms. The number of aromatic nitrogens is 2. The molecule has 0 fully saturated rings. The molecule has 0 aliphatic rings. The Hall–Kier alpha value is -3.15. The predicted molar refractivity (Wildman–Crippen MR) is 96.2 cm³/mol. The van der Waals surface area contributed by atoms with Crippen LogP contribution in [-0.2, 0) is 6.42 Å². The molecule has 0 aliphatic heterocycles. The van der Waals surface area contributed by atoms with Gasteiger partial charge in [0.15, 0.2) is 0 Å². The van der Waals surface area contributed by atoms with E-state index in [-0.39, 0.29) is 5.69 Å². The van der Waals surface area contributed by atoms with Gasteiger partial charge in [-0.05, 0) is 48.9 Å². The van der Waals surface area contributed by atoms with Crippen LogP contribution in [0.4, 0.5) is 5.69 Å². The van der Waals surface area contributed by atoms with E-state index in [1.54, 1.807) is 19.2 Å². The summed E-state index contributed by atoms with van der Waals surface area (Å²) < 4.78 is 7.04. The van der Waals surface area contributed by atoms with Crippen molar-refractivity contribution in [3.05, 3.63) is 70.4 Å². The lowest BCUT2D eigenvalue weighted by atomic mass is 10.1. The molecule has 0 atom stereocenters.